The zero-order valence-corrected chi connectivity index (χ0v) is 24.8. The van der Waals surface area contributed by atoms with E-state index in [0.717, 1.165) is 20.7 Å². The van der Waals surface area contributed by atoms with Crippen LogP contribution in [0.4, 0.5) is 0 Å². The summed E-state index contributed by atoms with van der Waals surface area (Å²) in [5, 5.41) is 9.90. The molecule has 0 aromatic heterocycles. The zero-order chi connectivity index (χ0) is 22.5. The molecule has 12 saturated heterocycles. The molecule has 186 valence electrons. The van der Waals surface area contributed by atoms with Gasteiger partial charge in [0.2, 0.25) is 0 Å². The summed E-state index contributed by atoms with van der Waals surface area (Å²) >= 11 is 0. The van der Waals surface area contributed by atoms with Crippen LogP contribution >= 0.6 is 17.2 Å². The van der Waals surface area contributed by atoms with Crippen molar-refractivity contribution < 1.29 is 6.51 Å². The van der Waals surface area contributed by atoms with E-state index in [4.69, 9.17) is 0 Å². The maximum absolute atomic E-state index is 4.20. The Balaban J connectivity index is 1.16. The van der Waals surface area contributed by atoms with Crippen LogP contribution in [0.25, 0.3) is 0 Å². The molecular formula is C28H46FeN2P2. The van der Waals surface area contributed by atoms with Crippen molar-refractivity contribution in [3.05, 3.63) is 0 Å². The van der Waals surface area contributed by atoms with Crippen LogP contribution in [0.2, 0.25) is 47.2 Å². The van der Waals surface area contributed by atoms with Crippen LogP contribution in [-0.2, 0) is 6.51 Å². The molecule has 12 heterocycles. The molecular weight excluding hydrogens is 482 g/mol. The van der Waals surface area contributed by atoms with Crippen molar-refractivity contribution in [1.82, 2.24) is 10.6 Å². The molecule has 33 heavy (non-hydrogen) atoms. The van der Waals surface area contributed by atoms with Gasteiger partial charge >= 0.3 is 195 Å². The first-order chi connectivity index (χ1) is 15.2. The second-order valence-corrected chi connectivity index (χ2v) is 47.2. The van der Waals surface area contributed by atoms with Gasteiger partial charge in [-0.1, -0.05) is 0 Å². The van der Waals surface area contributed by atoms with Gasteiger partial charge in [-0.25, -0.2) is 0 Å². The van der Waals surface area contributed by atoms with Gasteiger partial charge < -0.3 is 0 Å². The van der Waals surface area contributed by atoms with Crippen molar-refractivity contribution in [2.24, 2.45) is 0 Å². The molecule has 12 aliphatic rings. The SMILES string of the molecule is CC(C)(C)P(C[C]12[CH]3[CH]4[CH]5[C]1(C(P)(C1CCCN1)C1CCCN1)[Fe]43521678[CH]2[CH]1[CH]6[CH]7[CH]28)C(C)(C)C. The molecule has 0 aromatic rings. The average Bonchev–Trinajstić information content (AvgIpc) is 3.55. The topological polar surface area (TPSA) is 24.1 Å². The van der Waals surface area contributed by atoms with E-state index < -0.39 is 6.51 Å². The summed E-state index contributed by atoms with van der Waals surface area (Å²) in [5.74, 6) is 0. The molecule has 0 bridgehead atoms. The van der Waals surface area contributed by atoms with Gasteiger partial charge in [0.1, 0.15) is 0 Å². The number of rotatable bonds is 5. The average molecular weight is 528 g/mol. The quantitative estimate of drug-likeness (QED) is 0.289. The van der Waals surface area contributed by atoms with Crippen LogP contribution in [0.3, 0.4) is 0 Å². The Bertz CT molecular complexity index is 1410. The van der Waals surface area contributed by atoms with Crippen molar-refractivity contribution in [2.45, 2.75) is 142 Å². The third kappa shape index (κ3) is 0.415. The standard InChI is InChI=1S/C23H41N2P2.C5H5.Fe/c1-21(2,3)27(22(4,5)6)16-17-10-7-11-18(17)23(26,19-12-8-14-24-19)20-13-9-15-25-20;1-2-4-5-3-1;/h7,10-11,19-20,24-25H,8-9,12-16,26H2,1-6H3;1-5H;. The summed E-state index contributed by atoms with van der Waals surface area (Å²) in [5.41, 5.74) is 0. The van der Waals surface area contributed by atoms with Gasteiger partial charge in [-0.3, -0.25) is 0 Å². The molecule has 12 aliphatic heterocycles. The van der Waals surface area contributed by atoms with E-state index in [-0.39, 0.29) is 7.92 Å². The van der Waals surface area contributed by atoms with Crippen molar-refractivity contribution in [1.29, 1.82) is 0 Å². The molecule has 8 unspecified atom stereocenters. The summed E-state index contributed by atoms with van der Waals surface area (Å²) < 4.78 is 1.85. The minimum atomic E-state index is -3.55. The van der Waals surface area contributed by atoms with E-state index in [1.807, 2.05) is 0 Å². The summed E-state index contributed by atoms with van der Waals surface area (Å²) in [6.45, 7) is 14.8. The molecule has 0 aliphatic carbocycles. The van der Waals surface area contributed by atoms with Crippen LogP contribution in [-0.4, -0.2) is 46.8 Å². The molecule has 5 heteroatoms. The fourth-order valence-electron chi connectivity index (χ4n) is 23.4. The summed E-state index contributed by atoms with van der Waals surface area (Å²) in [4.78, 5) is 11.2. The van der Waals surface area contributed by atoms with Gasteiger partial charge in [0.25, 0.3) is 0 Å². The molecule has 0 aromatic carbocycles. The Kier molecular flexibility index (Phi) is 1.39. The first kappa shape index (κ1) is 18.5. The van der Waals surface area contributed by atoms with E-state index in [1.165, 1.54) is 77.3 Å². The normalized spacial score (nSPS) is 82.1. The van der Waals surface area contributed by atoms with Gasteiger partial charge in [-0.05, 0) is 0 Å². The Hall–Kier alpha value is 1.30. The predicted molar refractivity (Wildman–Crippen MR) is 141 cm³/mol. The van der Waals surface area contributed by atoms with Gasteiger partial charge in [-0.15, -0.1) is 0 Å². The second kappa shape index (κ2) is 2.48. The number of hydrogen-bond acceptors (Lipinski definition) is 2. The summed E-state index contributed by atoms with van der Waals surface area (Å²) in [7, 11) is 3.88. The maximum atomic E-state index is 4.20. The van der Waals surface area contributed by atoms with Crippen LogP contribution in [0.1, 0.15) is 67.2 Å². The molecule has 0 saturated carbocycles. The Morgan fingerprint density at radius 1 is 0.788 bits per heavy atom. The van der Waals surface area contributed by atoms with Crippen molar-refractivity contribution >= 4 is 17.2 Å². The van der Waals surface area contributed by atoms with Gasteiger partial charge in [0.05, 0.1) is 0 Å². The van der Waals surface area contributed by atoms with E-state index >= 15 is 0 Å². The fraction of sp³-hybridized carbons (Fsp3) is 1.00. The van der Waals surface area contributed by atoms with Gasteiger partial charge in [0.15, 0.2) is 0 Å². The third-order valence-electron chi connectivity index (χ3n) is 21.1. The van der Waals surface area contributed by atoms with Crippen LogP contribution < -0.4 is 10.6 Å². The van der Waals surface area contributed by atoms with Gasteiger partial charge in [0, 0.05) is 0 Å². The van der Waals surface area contributed by atoms with Crippen molar-refractivity contribution in [2.75, 3.05) is 19.3 Å². The number of fused-ring (bicyclic) bond motifs is 10. The van der Waals surface area contributed by atoms with E-state index in [0.29, 0.717) is 15.5 Å². The van der Waals surface area contributed by atoms with Crippen molar-refractivity contribution in [3.63, 3.8) is 0 Å². The van der Waals surface area contributed by atoms with E-state index in [2.05, 4.69) is 61.4 Å². The first-order valence-electron chi connectivity index (χ1n) is 14.5. The number of nitrogens with one attached hydrogen (secondary N) is 2. The van der Waals surface area contributed by atoms with Crippen LogP contribution in [0.15, 0.2) is 0 Å². The Labute approximate surface area is 194 Å². The molecule has 8 atom stereocenters. The zero-order valence-electron chi connectivity index (χ0n) is 21.6. The first-order valence-corrected chi connectivity index (χ1v) is 22.8. The second-order valence-electron chi connectivity index (χ2n) is 19.1. The Morgan fingerprint density at radius 3 is 1.61 bits per heavy atom. The van der Waals surface area contributed by atoms with E-state index in [9.17, 15) is 0 Å². The molecule has 2 N–H and O–H groups in total. The molecule has 0 amide bonds. The number of hydrogen-bond donors (Lipinski definition) is 2. The van der Waals surface area contributed by atoms with Crippen LogP contribution in [0, 0.1) is 0 Å². The van der Waals surface area contributed by atoms with Crippen LogP contribution in [0.5, 0.6) is 0 Å². The summed E-state index contributed by atoms with van der Waals surface area (Å²) in [6, 6.07) is 1.59. The van der Waals surface area contributed by atoms with E-state index in [1.54, 1.807) is 6.16 Å². The molecule has 2 nitrogen and oxygen atoms in total. The monoisotopic (exact) mass is 528 g/mol. The van der Waals surface area contributed by atoms with Crippen molar-refractivity contribution in [3.8, 4) is 0 Å². The molecule has 0 radical (unpaired) electrons. The Morgan fingerprint density at radius 2 is 1.27 bits per heavy atom. The molecule has 12 rings (SSSR count). The van der Waals surface area contributed by atoms with Gasteiger partial charge in [-0.2, -0.15) is 0 Å². The third-order valence-corrected chi connectivity index (χ3v) is 70.5. The minimum absolute atomic E-state index is 0.0328. The summed E-state index contributed by atoms with van der Waals surface area (Å²) in [6.07, 6.45) is 7.53. The predicted octanol–water partition coefficient (Wildman–Crippen LogP) is 7.31. The molecule has 1 spiro atoms. The fourth-order valence-corrected chi connectivity index (χ4v) is 112. The molecule has 12 fully saturated rings.